The Bertz CT molecular complexity index is 1350. The summed E-state index contributed by atoms with van der Waals surface area (Å²) >= 11 is 1.61. The second-order valence-corrected chi connectivity index (χ2v) is 10.4. The van der Waals surface area contributed by atoms with Gasteiger partial charge >= 0.3 is 0 Å². The number of aromatic nitrogens is 4. The summed E-state index contributed by atoms with van der Waals surface area (Å²) < 4.78 is 12.2. The van der Waals surface area contributed by atoms with E-state index in [1.165, 1.54) is 5.56 Å². The minimum Gasteiger partial charge on any atom is -0.381 e. The molecule has 186 valence electrons. The number of anilines is 2. The van der Waals surface area contributed by atoms with E-state index >= 15 is 0 Å². The number of nitrogens with one attached hydrogen (secondary N) is 2. The molecule has 1 atom stereocenters. The van der Waals surface area contributed by atoms with Gasteiger partial charge in [-0.05, 0) is 55.4 Å². The van der Waals surface area contributed by atoms with Crippen LogP contribution in [0.4, 0.5) is 11.6 Å². The maximum absolute atomic E-state index is 5.59. The number of rotatable bonds is 7. The molecule has 0 aliphatic carbocycles. The monoisotopic (exact) mass is 502 g/mol. The summed E-state index contributed by atoms with van der Waals surface area (Å²) in [6.07, 6.45) is 6.79. The Morgan fingerprint density at radius 1 is 1.00 bits per heavy atom. The summed E-state index contributed by atoms with van der Waals surface area (Å²) in [5, 5.41) is 7.95. The number of fused-ring (bicyclic) bond motifs is 1. The van der Waals surface area contributed by atoms with E-state index in [0.29, 0.717) is 12.0 Å². The molecular weight excluding hydrogens is 472 g/mol. The van der Waals surface area contributed by atoms with Gasteiger partial charge in [-0.3, -0.25) is 4.98 Å². The van der Waals surface area contributed by atoms with Crippen LogP contribution in [-0.4, -0.2) is 52.4 Å². The average molecular weight is 503 g/mol. The van der Waals surface area contributed by atoms with Gasteiger partial charge in [0.05, 0.1) is 22.5 Å². The second-order valence-electron chi connectivity index (χ2n) is 9.41. The maximum atomic E-state index is 5.59. The Kier molecular flexibility index (Phi) is 6.87. The van der Waals surface area contributed by atoms with Crippen molar-refractivity contribution in [2.45, 2.75) is 44.7 Å². The summed E-state index contributed by atoms with van der Waals surface area (Å²) in [6, 6.07) is 10.6. The van der Waals surface area contributed by atoms with Crippen LogP contribution in [0.2, 0.25) is 0 Å². The Morgan fingerprint density at radius 2 is 1.89 bits per heavy atom. The molecule has 0 aromatic carbocycles. The topological polar surface area (TPSA) is 94.1 Å². The molecule has 36 heavy (non-hydrogen) atoms. The summed E-state index contributed by atoms with van der Waals surface area (Å²) in [6.45, 7) is 5.99. The van der Waals surface area contributed by atoms with Crippen LogP contribution in [0, 0.1) is 6.92 Å². The van der Waals surface area contributed by atoms with Crippen LogP contribution in [-0.2, 0) is 16.0 Å². The number of pyridine rings is 3. The molecule has 9 heteroatoms. The molecule has 2 saturated heterocycles. The fourth-order valence-corrected chi connectivity index (χ4v) is 5.86. The SMILES string of the molecule is Cc1cccnc1-c1nc2cc(Nc3ccc(C4CCOCC4)c(CN[C@@H]4CCOC4)n3)ncc2s1. The van der Waals surface area contributed by atoms with Crippen molar-refractivity contribution in [3.05, 3.63) is 59.5 Å². The van der Waals surface area contributed by atoms with Crippen LogP contribution in [0.1, 0.15) is 42.0 Å². The van der Waals surface area contributed by atoms with Crippen molar-refractivity contribution in [1.29, 1.82) is 0 Å². The van der Waals surface area contributed by atoms with Gasteiger partial charge in [0, 0.05) is 50.9 Å². The van der Waals surface area contributed by atoms with Gasteiger partial charge in [-0.1, -0.05) is 12.1 Å². The predicted molar refractivity (Wildman–Crippen MR) is 142 cm³/mol. The highest BCUT2D eigenvalue weighted by Crippen LogP contribution is 2.33. The second kappa shape index (κ2) is 10.6. The predicted octanol–water partition coefficient (Wildman–Crippen LogP) is 4.97. The minimum absolute atomic E-state index is 0.386. The summed E-state index contributed by atoms with van der Waals surface area (Å²) in [5.74, 6) is 1.99. The molecule has 0 spiro atoms. The average Bonchev–Trinajstić information content (AvgIpc) is 3.58. The zero-order valence-corrected chi connectivity index (χ0v) is 21.2. The Morgan fingerprint density at radius 3 is 2.72 bits per heavy atom. The number of ether oxygens (including phenoxy) is 2. The van der Waals surface area contributed by atoms with E-state index in [1.807, 2.05) is 24.5 Å². The zero-order valence-electron chi connectivity index (χ0n) is 20.4. The van der Waals surface area contributed by atoms with Crippen molar-refractivity contribution in [3.63, 3.8) is 0 Å². The zero-order chi connectivity index (χ0) is 24.3. The van der Waals surface area contributed by atoms with Crippen molar-refractivity contribution in [2.24, 2.45) is 0 Å². The molecule has 0 amide bonds. The van der Waals surface area contributed by atoms with Gasteiger partial charge in [0.1, 0.15) is 22.3 Å². The van der Waals surface area contributed by atoms with Crippen molar-refractivity contribution in [2.75, 3.05) is 31.7 Å². The van der Waals surface area contributed by atoms with E-state index < -0.39 is 0 Å². The number of nitrogens with zero attached hydrogens (tertiary/aromatic N) is 4. The maximum Gasteiger partial charge on any atom is 0.143 e. The molecule has 4 aromatic rings. The molecule has 0 bridgehead atoms. The first-order valence-electron chi connectivity index (χ1n) is 12.6. The molecule has 8 nitrogen and oxygen atoms in total. The highest BCUT2D eigenvalue weighted by molar-refractivity contribution is 7.21. The first kappa shape index (κ1) is 23.4. The van der Waals surface area contributed by atoms with Crippen molar-refractivity contribution in [3.8, 4) is 10.7 Å². The van der Waals surface area contributed by atoms with Gasteiger partial charge in [-0.25, -0.2) is 15.0 Å². The molecule has 2 aliphatic heterocycles. The standard InChI is InChI=1S/C27H30N6O2S/c1-17-3-2-9-28-26(17)27-32-21-13-25(30-15-23(21)36-27)33-24-5-4-20(18-6-10-34-11-7-18)22(31-24)14-29-19-8-12-35-16-19/h2-5,9,13,15,18-19,29H,6-8,10-12,14,16H2,1H3,(H,30,31,33)/t19-/m1/s1. The van der Waals surface area contributed by atoms with Gasteiger partial charge in [0.2, 0.25) is 0 Å². The van der Waals surface area contributed by atoms with Crippen molar-refractivity contribution in [1.82, 2.24) is 25.3 Å². The highest BCUT2D eigenvalue weighted by atomic mass is 32.1. The van der Waals surface area contributed by atoms with Gasteiger partial charge in [0.15, 0.2) is 0 Å². The van der Waals surface area contributed by atoms with E-state index in [0.717, 1.165) is 96.0 Å². The fourth-order valence-electron chi connectivity index (χ4n) is 4.89. The van der Waals surface area contributed by atoms with Crippen LogP contribution in [0.15, 0.2) is 42.7 Å². The lowest BCUT2D eigenvalue weighted by Gasteiger charge is -2.25. The van der Waals surface area contributed by atoms with Crippen LogP contribution < -0.4 is 10.6 Å². The molecule has 0 unspecified atom stereocenters. The first-order chi connectivity index (χ1) is 17.7. The van der Waals surface area contributed by atoms with Crippen molar-refractivity contribution >= 4 is 33.2 Å². The minimum atomic E-state index is 0.386. The number of hydrogen-bond acceptors (Lipinski definition) is 9. The van der Waals surface area contributed by atoms with Gasteiger partial charge in [0.25, 0.3) is 0 Å². The van der Waals surface area contributed by atoms with Crippen LogP contribution in [0.3, 0.4) is 0 Å². The third-order valence-corrected chi connectivity index (χ3v) is 7.91. The number of aryl methyl sites for hydroxylation is 1. The van der Waals surface area contributed by atoms with E-state index in [1.54, 1.807) is 11.3 Å². The number of hydrogen-bond donors (Lipinski definition) is 2. The van der Waals surface area contributed by atoms with Crippen LogP contribution >= 0.6 is 11.3 Å². The Labute approximate surface area is 214 Å². The van der Waals surface area contributed by atoms with Crippen LogP contribution in [0.25, 0.3) is 20.9 Å². The Balaban J connectivity index is 1.25. The van der Waals surface area contributed by atoms with E-state index in [9.17, 15) is 0 Å². The molecule has 2 N–H and O–H groups in total. The largest absolute Gasteiger partial charge is 0.381 e. The summed E-state index contributed by atoms with van der Waals surface area (Å²) in [4.78, 5) is 19.0. The van der Waals surface area contributed by atoms with Gasteiger partial charge in [-0.15, -0.1) is 11.3 Å². The molecule has 0 saturated carbocycles. The normalized spacial score (nSPS) is 18.6. The molecule has 2 fully saturated rings. The van der Waals surface area contributed by atoms with E-state index in [2.05, 4.69) is 45.7 Å². The van der Waals surface area contributed by atoms with E-state index in [4.69, 9.17) is 19.4 Å². The lowest BCUT2D eigenvalue weighted by molar-refractivity contribution is 0.0850. The summed E-state index contributed by atoms with van der Waals surface area (Å²) in [5.41, 5.74) is 5.33. The quantitative estimate of drug-likeness (QED) is 0.366. The van der Waals surface area contributed by atoms with Gasteiger partial charge in [-0.2, -0.15) is 0 Å². The molecule has 0 radical (unpaired) electrons. The Hall–Kier alpha value is -2.98. The third kappa shape index (κ3) is 5.10. The van der Waals surface area contributed by atoms with Crippen molar-refractivity contribution < 1.29 is 9.47 Å². The molecule has 2 aliphatic rings. The first-order valence-corrected chi connectivity index (χ1v) is 13.4. The third-order valence-electron chi connectivity index (χ3n) is 6.90. The van der Waals surface area contributed by atoms with Crippen LogP contribution in [0.5, 0.6) is 0 Å². The summed E-state index contributed by atoms with van der Waals surface area (Å²) in [7, 11) is 0. The van der Waals surface area contributed by atoms with Gasteiger partial charge < -0.3 is 20.1 Å². The fraction of sp³-hybridized carbons (Fsp3) is 0.407. The molecular formula is C27H30N6O2S. The molecule has 6 rings (SSSR count). The van der Waals surface area contributed by atoms with E-state index in [-0.39, 0.29) is 0 Å². The highest BCUT2D eigenvalue weighted by Gasteiger charge is 2.22. The lowest BCUT2D eigenvalue weighted by Crippen LogP contribution is -2.30. The molecule has 4 aromatic heterocycles. The number of thiazole rings is 1. The molecule has 6 heterocycles. The smallest absolute Gasteiger partial charge is 0.143 e. The lowest BCUT2D eigenvalue weighted by atomic mass is 9.90.